The molecule has 0 aliphatic rings. The van der Waals surface area contributed by atoms with Gasteiger partial charge in [-0.2, -0.15) is 0 Å². The summed E-state index contributed by atoms with van der Waals surface area (Å²) in [6, 6.07) is 4.14. The molecule has 1 aromatic carbocycles. The van der Waals surface area contributed by atoms with Gasteiger partial charge in [0.2, 0.25) is 0 Å². The second kappa shape index (κ2) is 3.28. The molecule has 2 aromatic rings. The molecule has 74 valence electrons. The van der Waals surface area contributed by atoms with E-state index in [1.54, 1.807) is 0 Å². The number of rotatable bonds is 0. The summed E-state index contributed by atoms with van der Waals surface area (Å²) in [7, 11) is 2.07. The van der Waals surface area contributed by atoms with E-state index in [1.807, 2.05) is 13.0 Å². The molecular formula is C11H11BrClN. The fourth-order valence-electron chi connectivity index (χ4n) is 1.64. The summed E-state index contributed by atoms with van der Waals surface area (Å²) in [4.78, 5) is 0. The summed E-state index contributed by atoms with van der Waals surface area (Å²) in [5, 5.41) is 2.00. The lowest BCUT2D eigenvalue weighted by atomic mass is 10.2. The van der Waals surface area contributed by atoms with Crippen LogP contribution < -0.4 is 0 Å². The fourth-order valence-corrected chi connectivity index (χ4v) is 2.39. The zero-order valence-corrected chi connectivity index (χ0v) is 10.7. The molecule has 1 nitrogen and oxygen atoms in total. The van der Waals surface area contributed by atoms with Crippen LogP contribution in [0.15, 0.2) is 16.6 Å². The number of halogens is 2. The van der Waals surface area contributed by atoms with Crippen molar-refractivity contribution in [3.8, 4) is 0 Å². The molecule has 0 aliphatic carbocycles. The van der Waals surface area contributed by atoms with Gasteiger partial charge in [0.1, 0.15) is 0 Å². The quantitative estimate of drug-likeness (QED) is 0.677. The van der Waals surface area contributed by atoms with E-state index < -0.39 is 0 Å². The van der Waals surface area contributed by atoms with E-state index in [0.29, 0.717) is 0 Å². The van der Waals surface area contributed by atoms with Crippen molar-refractivity contribution >= 4 is 38.4 Å². The Labute approximate surface area is 96.8 Å². The van der Waals surface area contributed by atoms with Crippen LogP contribution in [0.2, 0.25) is 5.02 Å². The maximum absolute atomic E-state index is 6.09. The van der Waals surface area contributed by atoms with Gasteiger partial charge in [-0.3, -0.25) is 0 Å². The number of aromatic nitrogens is 1. The van der Waals surface area contributed by atoms with Crippen LogP contribution in [0.3, 0.4) is 0 Å². The summed E-state index contributed by atoms with van der Waals surface area (Å²) in [6.07, 6.45) is 0. The zero-order valence-electron chi connectivity index (χ0n) is 8.36. The van der Waals surface area contributed by atoms with Gasteiger partial charge in [0.25, 0.3) is 0 Å². The summed E-state index contributed by atoms with van der Waals surface area (Å²) >= 11 is 9.67. The maximum atomic E-state index is 6.09. The molecule has 3 heteroatoms. The van der Waals surface area contributed by atoms with Gasteiger partial charge in [-0.15, -0.1) is 0 Å². The molecule has 14 heavy (non-hydrogen) atoms. The lowest BCUT2D eigenvalue weighted by Crippen LogP contribution is -1.89. The molecule has 0 bridgehead atoms. The molecule has 2 rings (SSSR count). The molecule has 0 spiro atoms. The van der Waals surface area contributed by atoms with Crippen LogP contribution in [0.4, 0.5) is 0 Å². The summed E-state index contributed by atoms with van der Waals surface area (Å²) in [5.74, 6) is 0. The first-order chi connectivity index (χ1) is 6.52. The SMILES string of the molecule is Cc1cc2c(cc1Cl)c(Br)c(C)n2C. The standard InChI is InChI=1S/C11H11BrClN/c1-6-4-10-8(5-9(6)13)11(12)7(2)14(10)3/h4-5H,1-3H3. The normalized spacial score (nSPS) is 11.2. The predicted octanol–water partition coefficient (Wildman–Crippen LogP) is 4.21. The lowest BCUT2D eigenvalue weighted by Gasteiger charge is -2.01. The first kappa shape index (κ1) is 10.1. The second-order valence-corrected chi connectivity index (χ2v) is 4.78. The van der Waals surface area contributed by atoms with Crippen molar-refractivity contribution in [3.05, 3.63) is 32.9 Å². The highest BCUT2D eigenvalue weighted by Crippen LogP contribution is 2.33. The number of hydrogen-bond donors (Lipinski definition) is 0. The average molecular weight is 273 g/mol. The molecule has 0 saturated heterocycles. The average Bonchev–Trinajstić information content (AvgIpc) is 2.34. The summed E-state index contributed by atoms with van der Waals surface area (Å²) in [6.45, 7) is 4.12. The van der Waals surface area contributed by atoms with Crippen LogP contribution in [-0.4, -0.2) is 4.57 Å². The van der Waals surface area contributed by atoms with Crippen molar-refractivity contribution in [2.45, 2.75) is 13.8 Å². The highest BCUT2D eigenvalue weighted by atomic mass is 79.9. The molecule has 0 radical (unpaired) electrons. The number of hydrogen-bond acceptors (Lipinski definition) is 0. The van der Waals surface area contributed by atoms with Crippen LogP contribution in [0.5, 0.6) is 0 Å². The van der Waals surface area contributed by atoms with Crippen LogP contribution in [-0.2, 0) is 7.05 Å². The maximum Gasteiger partial charge on any atom is 0.0495 e. The molecular weight excluding hydrogens is 261 g/mol. The minimum Gasteiger partial charge on any atom is -0.347 e. The Morgan fingerprint density at radius 1 is 1.29 bits per heavy atom. The van der Waals surface area contributed by atoms with Gasteiger partial charge in [0.15, 0.2) is 0 Å². The van der Waals surface area contributed by atoms with Crippen LogP contribution in [0, 0.1) is 13.8 Å². The lowest BCUT2D eigenvalue weighted by molar-refractivity contribution is 0.913. The summed E-state index contributed by atoms with van der Waals surface area (Å²) < 4.78 is 3.31. The Morgan fingerprint density at radius 3 is 2.57 bits per heavy atom. The number of nitrogens with zero attached hydrogens (tertiary/aromatic N) is 1. The Hall–Kier alpha value is -0.470. The molecule has 0 atom stereocenters. The van der Waals surface area contributed by atoms with Crippen molar-refractivity contribution in [3.63, 3.8) is 0 Å². The first-order valence-corrected chi connectivity index (χ1v) is 5.60. The zero-order chi connectivity index (χ0) is 10.5. The van der Waals surface area contributed by atoms with Crippen molar-refractivity contribution in [1.82, 2.24) is 4.57 Å². The van der Waals surface area contributed by atoms with E-state index in [1.165, 1.54) is 16.6 Å². The number of benzene rings is 1. The molecule has 1 aromatic heterocycles. The molecule has 0 saturated carbocycles. The fraction of sp³-hybridized carbons (Fsp3) is 0.273. The topological polar surface area (TPSA) is 4.93 Å². The van der Waals surface area contributed by atoms with E-state index in [2.05, 4.69) is 40.5 Å². The molecule has 0 N–H and O–H groups in total. The van der Waals surface area contributed by atoms with Crippen LogP contribution in [0.1, 0.15) is 11.3 Å². The third-order valence-corrected chi connectivity index (χ3v) is 4.10. The van der Waals surface area contributed by atoms with Crippen molar-refractivity contribution in [1.29, 1.82) is 0 Å². The van der Waals surface area contributed by atoms with Crippen molar-refractivity contribution < 1.29 is 0 Å². The summed E-state index contributed by atoms with van der Waals surface area (Å²) in [5.41, 5.74) is 3.56. The Bertz CT molecular complexity index is 469. The molecule has 1 heterocycles. The Morgan fingerprint density at radius 2 is 1.93 bits per heavy atom. The Balaban J connectivity index is 2.96. The van der Waals surface area contributed by atoms with Gasteiger partial charge >= 0.3 is 0 Å². The van der Waals surface area contributed by atoms with E-state index in [-0.39, 0.29) is 0 Å². The second-order valence-electron chi connectivity index (χ2n) is 3.58. The van der Waals surface area contributed by atoms with Gasteiger partial charge in [-0.05, 0) is 47.5 Å². The van der Waals surface area contributed by atoms with E-state index in [9.17, 15) is 0 Å². The predicted molar refractivity (Wildman–Crippen MR) is 65.1 cm³/mol. The largest absolute Gasteiger partial charge is 0.347 e. The third-order valence-electron chi connectivity index (χ3n) is 2.70. The number of fused-ring (bicyclic) bond motifs is 1. The van der Waals surface area contributed by atoms with Crippen molar-refractivity contribution in [2.24, 2.45) is 7.05 Å². The van der Waals surface area contributed by atoms with E-state index in [0.717, 1.165) is 15.1 Å². The van der Waals surface area contributed by atoms with Gasteiger partial charge in [-0.1, -0.05) is 11.6 Å². The van der Waals surface area contributed by atoms with Crippen LogP contribution in [0.25, 0.3) is 10.9 Å². The van der Waals surface area contributed by atoms with E-state index in [4.69, 9.17) is 11.6 Å². The highest BCUT2D eigenvalue weighted by molar-refractivity contribution is 9.10. The van der Waals surface area contributed by atoms with Gasteiger partial charge in [0.05, 0.1) is 0 Å². The first-order valence-electron chi connectivity index (χ1n) is 4.43. The highest BCUT2D eigenvalue weighted by Gasteiger charge is 2.10. The molecule has 0 fully saturated rings. The molecule has 0 aliphatic heterocycles. The number of aryl methyl sites for hydroxylation is 2. The smallest absolute Gasteiger partial charge is 0.0495 e. The van der Waals surface area contributed by atoms with Gasteiger partial charge in [-0.25, -0.2) is 0 Å². The molecule has 0 amide bonds. The minimum atomic E-state index is 0.823. The minimum absolute atomic E-state index is 0.823. The van der Waals surface area contributed by atoms with Crippen LogP contribution >= 0.6 is 27.5 Å². The third kappa shape index (κ3) is 1.29. The monoisotopic (exact) mass is 271 g/mol. The van der Waals surface area contributed by atoms with E-state index >= 15 is 0 Å². The van der Waals surface area contributed by atoms with Crippen molar-refractivity contribution in [2.75, 3.05) is 0 Å². The molecule has 0 unspecified atom stereocenters. The van der Waals surface area contributed by atoms with Gasteiger partial charge in [0, 0.05) is 33.1 Å². The van der Waals surface area contributed by atoms with Gasteiger partial charge < -0.3 is 4.57 Å². The Kier molecular flexibility index (Phi) is 2.36.